The molecule has 3 rings (SSSR count). The number of hydrogen-bond acceptors (Lipinski definition) is 6. The molecule has 0 spiro atoms. The molecule has 1 aromatic rings. The van der Waals surface area contributed by atoms with E-state index in [1.165, 1.54) is 16.4 Å². The van der Waals surface area contributed by atoms with Crippen molar-refractivity contribution in [3.8, 4) is 0 Å². The van der Waals surface area contributed by atoms with Gasteiger partial charge < -0.3 is 9.47 Å². The van der Waals surface area contributed by atoms with E-state index in [0.717, 1.165) is 0 Å². The van der Waals surface area contributed by atoms with E-state index in [1.807, 2.05) is 0 Å². The van der Waals surface area contributed by atoms with Crippen molar-refractivity contribution in [3.05, 3.63) is 29.8 Å². The number of hydrogen-bond donors (Lipinski definition) is 0. The summed E-state index contributed by atoms with van der Waals surface area (Å²) in [5.74, 6) is -1.02. The molecule has 0 saturated carbocycles. The van der Waals surface area contributed by atoms with Crippen LogP contribution in [-0.4, -0.2) is 45.4 Å². The zero-order chi connectivity index (χ0) is 15.7. The first-order valence-electron chi connectivity index (χ1n) is 6.95. The van der Waals surface area contributed by atoms with Crippen LogP contribution in [0.25, 0.3) is 0 Å². The van der Waals surface area contributed by atoms with Crippen LogP contribution in [-0.2, 0) is 24.3 Å². The topological polar surface area (TPSA) is 90.0 Å². The molecule has 118 valence electrons. The maximum atomic E-state index is 11.9. The molecule has 1 unspecified atom stereocenters. The van der Waals surface area contributed by atoms with E-state index in [4.69, 9.17) is 9.47 Å². The second-order valence-electron chi connectivity index (χ2n) is 5.14. The second-order valence-corrected chi connectivity index (χ2v) is 7.15. The summed E-state index contributed by atoms with van der Waals surface area (Å²) < 4.78 is 34.8. The maximum Gasteiger partial charge on any atom is 0.347 e. The molecular formula is C14H15NO6S. The van der Waals surface area contributed by atoms with E-state index in [1.54, 1.807) is 12.1 Å². The van der Waals surface area contributed by atoms with E-state index >= 15 is 0 Å². The van der Waals surface area contributed by atoms with Gasteiger partial charge >= 0.3 is 11.9 Å². The lowest BCUT2D eigenvalue weighted by atomic mass is 10.2. The Bertz CT molecular complexity index is 697. The average molecular weight is 325 g/mol. The van der Waals surface area contributed by atoms with Gasteiger partial charge in [0.15, 0.2) is 0 Å². The molecule has 1 aromatic carbocycles. The van der Waals surface area contributed by atoms with Gasteiger partial charge in [0.1, 0.15) is 0 Å². The largest absolute Gasteiger partial charge is 0.463 e. The molecule has 2 aliphatic rings. The molecule has 2 saturated heterocycles. The van der Waals surface area contributed by atoms with E-state index in [0.29, 0.717) is 25.1 Å². The van der Waals surface area contributed by atoms with E-state index in [2.05, 4.69) is 0 Å². The fourth-order valence-electron chi connectivity index (χ4n) is 2.47. The number of benzene rings is 1. The molecule has 0 aliphatic carbocycles. The number of rotatable bonds is 3. The fourth-order valence-corrected chi connectivity index (χ4v) is 4.04. The van der Waals surface area contributed by atoms with Crippen molar-refractivity contribution in [2.24, 2.45) is 0 Å². The second kappa shape index (κ2) is 5.60. The van der Waals surface area contributed by atoms with Crippen LogP contribution in [0.15, 0.2) is 24.3 Å². The Morgan fingerprint density at radius 3 is 2.55 bits per heavy atom. The van der Waals surface area contributed by atoms with Crippen molar-refractivity contribution in [3.63, 3.8) is 0 Å². The first-order chi connectivity index (χ1) is 10.5. The molecular weight excluding hydrogens is 310 g/mol. The number of cyclic esters (lactones) is 1. The average Bonchev–Trinajstić information content (AvgIpc) is 3.05. The molecule has 7 nitrogen and oxygen atoms in total. The van der Waals surface area contributed by atoms with Crippen LogP contribution in [0.4, 0.5) is 5.69 Å². The third kappa shape index (κ3) is 2.78. The molecule has 2 aliphatic heterocycles. The predicted molar refractivity (Wildman–Crippen MR) is 77.0 cm³/mol. The Hall–Kier alpha value is -2.09. The molecule has 0 radical (unpaired) electrons. The van der Waals surface area contributed by atoms with Crippen LogP contribution in [0.3, 0.4) is 0 Å². The number of nitrogens with zero attached hydrogens (tertiary/aromatic N) is 1. The first kappa shape index (κ1) is 14.8. The maximum absolute atomic E-state index is 11.9. The summed E-state index contributed by atoms with van der Waals surface area (Å²) in [4.78, 5) is 23.2. The molecule has 0 bridgehead atoms. The highest BCUT2D eigenvalue weighted by atomic mass is 32.2. The van der Waals surface area contributed by atoms with Gasteiger partial charge in [0, 0.05) is 13.0 Å². The summed E-state index contributed by atoms with van der Waals surface area (Å²) in [5, 5.41) is 0. The number of carbonyl (C=O) groups excluding carboxylic acids is 2. The lowest BCUT2D eigenvalue weighted by molar-refractivity contribution is -0.145. The highest BCUT2D eigenvalue weighted by Gasteiger charge is 2.31. The molecule has 0 aromatic heterocycles. The third-order valence-corrected chi connectivity index (χ3v) is 5.50. The molecule has 0 amide bonds. The van der Waals surface area contributed by atoms with Gasteiger partial charge in [0.05, 0.1) is 23.6 Å². The van der Waals surface area contributed by atoms with Gasteiger partial charge in [-0.15, -0.1) is 0 Å². The van der Waals surface area contributed by atoms with Crippen LogP contribution in [0.5, 0.6) is 0 Å². The van der Waals surface area contributed by atoms with Gasteiger partial charge in [-0.1, -0.05) is 0 Å². The Kier molecular flexibility index (Phi) is 3.78. The van der Waals surface area contributed by atoms with Crippen LogP contribution in [0.2, 0.25) is 0 Å². The predicted octanol–water partition coefficient (Wildman–Crippen LogP) is 0.699. The van der Waals surface area contributed by atoms with Crippen molar-refractivity contribution in [2.45, 2.75) is 18.9 Å². The Morgan fingerprint density at radius 1 is 1.27 bits per heavy atom. The SMILES string of the molecule is O=C(OC1CCOC1=O)c1ccc(N2CCCS2(=O)=O)cc1. The van der Waals surface area contributed by atoms with Crippen molar-refractivity contribution in [2.75, 3.05) is 23.2 Å². The molecule has 0 N–H and O–H groups in total. The Balaban J connectivity index is 1.71. The number of carbonyl (C=O) groups is 2. The van der Waals surface area contributed by atoms with E-state index in [9.17, 15) is 18.0 Å². The summed E-state index contributed by atoms with van der Waals surface area (Å²) in [6, 6.07) is 6.11. The fraction of sp³-hybridized carbons (Fsp3) is 0.429. The van der Waals surface area contributed by atoms with Gasteiger partial charge in [0.2, 0.25) is 16.1 Å². The van der Waals surface area contributed by atoms with Gasteiger partial charge in [-0.3, -0.25) is 4.31 Å². The van der Waals surface area contributed by atoms with Gasteiger partial charge in [-0.25, -0.2) is 18.0 Å². The van der Waals surface area contributed by atoms with Gasteiger partial charge in [-0.05, 0) is 30.7 Å². The number of anilines is 1. The van der Waals surface area contributed by atoms with Crippen molar-refractivity contribution in [1.82, 2.24) is 0 Å². The Labute approximate surface area is 127 Å². The minimum absolute atomic E-state index is 0.139. The minimum Gasteiger partial charge on any atom is -0.463 e. The van der Waals surface area contributed by atoms with Crippen LogP contribution < -0.4 is 4.31 Å². The minimum atomic E-state index is -3.24. The van der Waals surface area contributed by atoms with Crippen molar-refractivity contribution >= 4 is 27.6 Å². The molecule has 2 fully saturated rings. The normalized spacial score (nSPS) is 23.4. The molecule has 2 heterocycles. The first-order valence-corrected chi connectivity index (χ1v) is 8.56. The summed E-state index contributed by atoms with van der Waals surface area (Å²) in [6.07, 6.45) is 0.0936. The van der Waals surface area contributed by atoms with Crippen molar-refractivity contribution in [1.29, 1.82) is 0 Å². The molecule has 1 atom stereocenters. The monoisotopic (exact) mass is 325 g/mol. The lowest BCUT2D eigenvalue weighted by Crippen LogP contribution is -2.25. The highest BCUT2D eigenvalue weighted by Crippen LogP contribution is 2.24. The van der Waals surface area contributed by atoms with Crippen LogP contribution >= 0.6 is 0 Å². The molecule has 8 heteroatoms. The molecule has 22 heavy (non-hydrogen) atoms. The van der Waals surface area contributed by atoms with E-state index in [-0.39, 0.29) is 17.9 Å². The summed E-state index contributed by atoms with van der Waals surface area (Å²) in [5.41, 5.74) is 0.786. The van der Waals surface area contributed by atoms with E-state index < -0.39 is 28.1 Å². The van der Waals surface area contributed by atoms with Gasteiger partial charge in [-0.2, -0.15) is 0 Å². The zero-order valence-corrected chi connectivity index (χ0v) is 12.5. The highest BCUT2D eigenvalue weighted by molar-refractivity contribution is 7.93. The standard InChI is InChI=1S/C14H15NO6S/c16-13(21-12-6-8-20-14(12)17)10-2-4-11(5-3-10)15-7-1-9-22(15,18)19/h2-5,12H,1,6-9H2. The number of ether oxygens (including phenoxy) is 2. The zero-order valence-electron chi connectivity index (χ0n) is 11.7. The summed E-state index contributed by atoms with van der Waals surface area (Å²) in [6.45, 7) is 0.697. The Morgan fingerprint density at radius 2 is 2.00 bits per heavy atom. The van der Waals surface area contributed by atoms with Gasteiger partial charge in [0.25, 0.3) is 0 Å². The van der Waals surface area contributed by atoms with Crippen LogP contribution in [0.1, 0.15) is 23.2 Å². The lowest BCUT2D eigenvalue weighted by Gasteiger charge is -2.17. The smallest absolute Gasteiger partial charge is 0.347 e. The number of sulfonamides is 1. The summed E-state index contributed by atoms with van der Waals surface area (Å²) in [7, 11) is -3.24. The third-order valence-electron chi connectivity index (χ3n) is 3.63. The van der Waals surface area contributed by atoms with Crippen molar-refractivity contribution < 1.29 is 27.5 Å². The quantitative estimate of drug-likeness (QED) is 0.760. The number of esters is 2. The van der Waals surface area contributed by atoms with Crippen LogP contribution in [0, 0.1) is 0 Å². The summed E-state index contributed by atoms with van der Waals surface area (Å²) >= 11 is 0.